The predicted molar refractivity (Wildman–Crippen MR) is 190 cm³/mol. The maximum absolute atomic E-state index is 7.71. The van der Waals surface area contributed by atoms with Crippen LogP contribution in [0.5, 0.6) is 0 Å². The molecule has 0 aromatic rings. The van der Waals surface area contributed by atoms with E-state index in [0.29, 0.717) is 12.2 Å². The van der Waals surface area contributed by atoms with Gasteiger partial charge in [0.05, 0.1) is 12.2 Å². The van der Waals surface area contributed by atoms with E-state index in [0.717, 1.165) is 76.0 Å². The number of hydrogen-bond donors (Lipinski definition) is 0. The molecule has 254 valence electrons. The molecule has 0 N–H and O–H groups in total. The van der Waals surface area contributed by atoms with Crippen LogP contribution in [0.25, 0.3) is 0 Å². The number of rotatable bonds is 5. The Kier molecular flexibility index (Phi) is 9.65. The summed E-state index contributed by atoms with van der Waals surface area (Å²) in [6, 6.07) is 2.44. The van der Waals surface area contributed by atoms with Crippen LogP contribution in [0.2, 0.25) is 0 Å². The first-order valence-electron chi connectivity index (χ1n) is 21.4. The van der Waals surface area contributed by atoms with E-state index in [4.69, 9.17) is 4.74 Å². The molecule has 0 spiro atoms. The van der Waals surface area contributed by atoms with Crippen molar-refractivity contribution in [1.29, 1.82) is 0 Å². The Morgan fingerprint density at radius 1 is 0.400 bits per heavy atom. The van der Waals surface area contributed by atoms with Crippen molar-refractivity contribution < 1.29 is 4.74 Å². The lowest BCUT2D eigenvalue weighted by Crippen LogP contribution is -2.58. The number of nitrogens with zero attached hydrogens (tertiary/aromatic N) is 1. The minimum atomic E-state index is 0.561. The maximum atomic E-state index is 7.71. The second-order valence-electron chi connectivity index (χ2n) is 18.6. The zero-order chi connectivity index (χ0) is 29.7. The van der Waals surface area contributed by atoms with Crippen LogP contribution in [0.3, 0.4) is 0 Å². The Bertz CT molecular complexity index is 966. The van der Waals surface area contributed by atoms with Crippen LogP contribution in [-0.2, 0) is 4.74 Å². The summed E-state index contributed by atoms with van der Waals surface area (Å²) in [5.41, 5.74) is 0. The van der Waals surface area contributed by atoms with Crippen molar-refractivity contribution in [2.75, 3.05) is 0 Å². The van der Waals surface area contributed by atoms with Crippen molar-refractivity contribution in [3.05, 3.63) is 0 Å². The zero-order valence-corrected chi connectivity index (χ0v) is 29.8. The summed E-state index contributed by atoms with van der Waals surface area (Å²) >= 11 is 2.45. The van der Waals surface area contributed by atoms with Crippen molar-refractivity contribution in [1.82, 2.24) is 4.90 Å². The highest BCUT2D eigenvalue weighted by Gasteiger charge is 2.60. The van der Waals surface area contributed by atoms with Crippen LogP contribution in [0.15, 0.2) is 0 Å². The fourth-order valence-corrected chi connectivity index (χ4v) is 16.7. The third-order valence-electron chi connectivity index (χ3n) is 16.6. The third-order valence-corrected chi connectivity index (χ3v) is 18.4. The van der Waals surface area contributed by atoms with Gasteiger partial charge in [0.15, 0.2) is 0 Å². The van der Waals surface area contributed by atoms with Crippen LogP contribution in [0, 0.1) is 47.3 Å². The van der Waals surface area contributed by atoms with Gasteiger partial charge in [-0.1, -0.05) is 96.3 Å². The van der Waals surface area contributed by atoms with Gasteiger partial charge in [0.2, 0.25) is 0 Å². The number of hydrogen-bond acceptors (Lipinski definition) is 3. The van der Waals surface area contributed by atoms with E-state index < -0.39 is 0 Å². The lowest BCUT2D eigenvalue weighted by atomic mass is 9.64. The minimum absolute atomic E-state index is 0.561. The second-order valence-corrected chi connectivity index (χ2v) is 20.1. The topological polar surface area (TPSA) is 12.5 Å². The van der Waals surface area contributed by atoms with Gasteiger partial charge in [0, 0.05) is 34.5 Å². The molecule has 11 atom stereocenters. The van der Waals surface area contributed by atoms with Gasteiger partial charge >= 0.3 is 0 Å². The van der Waals surface area contributed by atoms with Gasteiger partial charge < -0.3 is 4.74 Å². The highest BCUT2D eigenvalue weighted by Crippen LogP contribution is 2.61. The fraction of sp³-hybridized carbons (Fsp3) is 1.00. The van der Waals surface area contributed by atoms with Crippen molar-refractivity contribution in [3.8, 4) is 0 Å². The monoisotopic (exact) mass is 636 g/mol. The molecule has 2 heterocycles. The van der Waals surface area contributed by atoms with Gasteiger partial charge in [-0.15, -0.1) is 0 Å². The van der Waals surface area contributed by atoms with Crippen molar-refractivity contribution >= 4 is 11.8 Å². The summed E-state index contributed by atoms with van der Waals surface area (Å²) in [5, 5.41) is 1.91. The number of fused-ring (bicyclic) bond motifs is 7. The van der Waals surface area contributed by atoms with E-state index in [1.165, 1.54) is 122 Å². The average Bonchev–Trinajstić information content (AvgIpc) is 3.69. The largest absolute Gasteiger partial charge is 0.372 e. The normalized spacial score (nSPS) is 49.7. The lowest BCUT2D eigenvalue weighted by Gasteiger charge is -2.52. The number of thioether (sulfide) groups is 1. The molecule has 2 saturated heterocycles. The van der Waals surface area contributed by atoms with Gasteiger partial charge in [-0.2, -0.15) is 11.8 Å². The molecule has 45 heavy (non-hydrogen) atoms. The average molecular weight is 636 g/mol. The van der Waals surface area contributed by atoms with E-state index in [9.17, 15) is 0 Å². The zero-order valence-electron chi connectivity index (χ0n) is 29.0. The molecule has 9 fully saturated rings. The van der Waals surface area contributed by atoms with E-state index in [1.54, 1.807) is 51.4 Å². The number of ether oxygens (including phenoxy) is 1. The second kappa shape index (κ2) is 13.9. The molecular weight excluding hydrogens is 567 g/mol. The van der Waals surface area contributed by atoms with Gasteiger partial charge in [0.25, 0.3) is 0 Å². The summed E-state index contributed by atoms with van der Waals surface area (Å²) in [4.78, 5) is 3.34. The first-order valence-corrected chi connectivity index (χ1v) is 22.3. The Morgan fingerprint density at radius 3 is 1.82 bits per heavy atom. The highest BCUT2D eigenvalue weighted by atomic mass is 32.2. The van der Waals surface area contributed by atoms with Crippen molar-refractivity contribution in [2.45, 2.75) is 214 Å². The molecule has 0 aromatic carbocycles. The van der Waals surface area contributed by atoms with Gasteiger partial charge in [-0.05, 0) is 118 Å². The summed E-state index contributed by atoms with van der Waals surface area (Å²) in [5.74, 6) is 7.85. The Labute approximate surface area is 282 Å². The molecule has 9 aliphatic rings. The van der Waals surface area contributed by atoms with E-state index in [1.807, 2.05) is 0 Å². The van der Waals surface area contributed by atoms with E-state index in [2.05, 4.69) is 16.7 Å². The molecule has 0 aromatic heterocycles. The fourth-order valence-electron chi connectivity index (χ4n) is 14.6. The molecule has 0 bridgehead atoms. The van der Waals surface area contributed by atoms with Gasteiger partial charge in [-0.3, -0.25) is 4.90 Å². The molecule has 3 heteroatoms. The third kappa shape index (κ3) is 6.06. The minimum Gasteiger partial charge on any atom is -0.372 e. The highest BCUT2D eigenvalue weighted by molar-refractivity contribution is 8.00. The summed E-state index contributed by atoms with van der Waals surface area (Å²) in [7, 11) is 0. The molecule has 2 aliphatic heterocycles. The molecular formula is C42H69NOS. The summed E-state index contributed by atoms with van der Waals surface area (Å²) < 4.78 is 7.71. The van der Waals surface area contributed by atoms with Crippen molar-refractivity contribution in [3.63, 3.8) is 0 Å². The SMILES string of the molecule is C1CCC(C2CCC(N(C3CCCC(C4CCCCC4)C3)C3CCCC4C5CCC6SC7CCCCC7C6C5OC43)CC2)CC1. The van der Waals surface area contributed by atoms with Crippen molar-refractivity contribution in [2.24, 2.45) is 47.3 Å². The molecule has 7 saturated carbocycles. The smallest absolute Gasteiger partial charge is 0.0766 e. The Morgan fingerprint density at radius 2 is 1.02 bits per heavy atom. The van der Waals surface area contributed by atoms with Gasteiger partial charge in [-0.25, -0.2) is 0 Å². The maximum Gasteiger partial charge on any atom is 0.0766 e. The summed E-state index contributed by atoms with van der Waals surface area (Å²) in [6.07, 6.45) is 42.1. The Balaban J connectivity index is 0.966. The van der Waals surface area contributed by atoms with Crippen LogP contribution >= 0.6 is 11.8 Å². The lowest BCUT2D eigenvalue weighted by molar-refractivity contribution is -0.1000. The van der Waals surface area contributed by atoms with Crippen LogP contribution in [0.1, 0.15) is 173 Å². The molecule has 9 rings (SSSR count). The molecule has 2 nitrogen and oxygen atoms in total. The van der Waals surface area contributed by atoms with E-state index in [-0.39, 0.29) is 0 Å². The first-order chi connectivity index (χ1) is 22.3. The standard InChI is InChI=1S/C42H69NOS/c1-3-11-28(12-4-1)30-21-23-32(24-22-30)43(33-16-9-15-31(27-33)29-13-5-2-6-14-29)37-19-10-18-34-35-25-26-39-40(42(35)44-41(34)37)36-17-7-8-20-38(36)45-39/h28-42H,1-27H2. The van der Waals surface area contributed by atoms with Crippen LogP contribution < -0.4 is 0 Å². The quantitative estimate of drug-likeness (QED) is 0.298. The van der Waals surface area contributed by atoms with Crippen LogP contribution in [0.4, 0.5) is 0 Å². The Hall–Kier alpha value is 0.270. The van der Waals surface area contributed by atoms with Crippen LogP contribution in [-0.4, -0.2) is 45.7 Å². The molecule has 0 amide bonds. The predicted octanol–water partition coefficient (Wildman–Crippen LogP) is 11.2. The molecule has 0 radical (unpaired) electrons. The first kappa shape index (κ1) is 31.3. The van der Waals surface area contributed by atoms with E-state index >= 15 is 0 Å². The molecule has 7 aliphatic carbocycles. The molecule has 11 unspecified atom stereocenters. The van der Waals surface area contributed by atoms with Gasteiger partial charge in [0.1, 0.15) is 0 Å². The summed E-state index contributed by atoms with van der Waals surface area (Å²) in [6.45, 7) is 0.